The summed E-state index contributed by atoms with van der Waals surface area (Å²) in [4.78, 5) is 15.0. The quantitative estimate of drug-likeness (QED) is 0.245. The molecule has 2 aromatic heterocycles. The van der Waals surface area contributed by atoms with E-state index in [1.807, 2.05) is 36.9 Å². The van der Waals surface area contributed by atoms with Crippen LogP contribution in [-0.2, 0) is 6.54 Å². The molecule has 0 radical (unpaired) electrons. The first-order chi connectivity index (χ1) is 18.2. The molecule has 198 valence electrons. The maximum atomic E-state index is 14.2. The third kappa shape index (κ3) is 6.07. The van der Waals surface area contributed by atoms with Crippen molar-refractivity contribution in [3.05, 3.63) is 81.0 Å². The third-order valence-corrected chi connectivity index (χ3v) is 7.02. The average molecular weight is 603 g/mol. The van der Waals surface area contributed by atoms with Gasteiger partial charge in [0.1, 0.15) is 23.8 Å². The number of aromatic nitrogens is 4. The van der Waals surface area contributed by atoms with E-state index in [1.54, 1.807) is 29.1 Å². The molecule has 1 saturated heterocycles. The van der Waals surface area contributed by atoms with Crippen molar-refractivity contribution in [2.75, 3.05) is 13.1 Å². The smallest absolute Gasteiger partial charge is 0.254 e. The number of nitrogens with zero attached hydrogens (tertiary/aromatic N) is 5. The molecule has 1 fully saturated rings. The Morgan fingerprint density at radius 1 is 1.21 bits per heavy atom. The highest BCUT2D eigenvalue weighted by Gasteiger charge is 2.27. The first-order valence-electron chi connectivity index (χ1n) is 12.3. The third-order valence-electron chi connectivity index (χ3n) is 6.33. The van der Waals surface area contributed by atoms with Crippen LogP contribution < -0.4 is 4.74 Å². The highest BCUT2D eigenvalue weighted by Crippen LogP contribution is 2.30. The molecule has 0 spiro atoms. The number of rotatable bonds is 7. The van der Waals surface area contributed by atoms with Crippen molar-refractivity contribution in [1.29, 1.82) is 0 Å². The van der Waals surface area contributed by atoms with Gasteiger partial charge in [-0.25, -0.2) is 9.07 Å². The van der Waals surface area contributed by atoms with Crippen molar-refractivity contribution in [1.82, 2.24) is 25.1 Å². The molecule has 5 rings (SSSR count). The van der Waals surface area contributed by atoms with Crippen molar-refractivity contribution >= 4 is 33.4 Å². The lowest BCUT2D eigenvalue weighted by Crippen LogP contribution is -2.38. The van der Waals surface area contributed by atoms with Gasteiger partial charge in [-0.05, 0) is 63.1 Å². The maximum Gasteiger partial charge on any atom is 0.254 e. The van der Waals surface area contributed by atoms with E-state index < -0.39 is 5.82 Å². The van der Waals surface area contributed by atoms with Gasteiger partial charge in [0, 0.05) is 45.7 Å². The number of piperidine rings is 1. The fourth-order valence-electron chi connectivity index (χ4n) is 4.54. The number of benzene rings is 2. The summed E-state index contributed by atoms with van der Waals surface area (Å²) < 4.78 is 27.9. The lowest BCUT2D eigenvalue weighted by molar-refractivity contribution is 0.0710. The first kappa shape index (κ1) is 26.4. The van der Waals surface area contributed by atoms with Gasteiger partial charge >= 0.3 is 0 Å². The van der Waals surface area contributed by atoms with Gasteiger partial charge in [-0.1, -0.05) is 37.9 Å². The molecular weight excluding hydrogens is 577 g/mol. The second-order valence-electron chi connectivity index (χ2n) is 9.55. The lowest BCUT2D eigenvalue weighted by atomic mass is 9.93. The van der Waals surface area contributed by atoms with Gasteiger partial charge in [0.2, 0.25) is 0 Å². The molecule has 11 heteroatoms. The molecule has 0 N–H and O–H groups in total. The molecule has 0 aliphatic carbocycles. The first-order valence-corrected chi connectivity index (χ1v) is 13.5. The number of ether oxygens (including phenoxy) is 1. The zero-order chi connectivity index (χ0) is 26.8. The van der Waals surface area contributed by atoms with Gasteiger partial charge < -0.3 is 14.2 Å². The molecule has 0 bridgehead atoms. The van der Waals surface area contributed by atoms with E-state index in [1.165, 1.54) is 6.07 Å². The Balaban J connectivity index is 1.19. The minimum absolute atomic E-state index is 0.0155. The summed E-state index contributed by atoms with van der Waals surface area (Å²) in [5.74, 6) is 1.01. The van der Waals surface area contributed by atoms with E-state index >= 15 is 0 Å². The molecule has 0 unspecified atom stereocenters. The van der Waals surface area contributed by atoms with Gasteiger partial charge in [0.15, 0.2) is 5.76 Å². The van der Waals surface area contributed by atoms with Gasteiger partial charge in [-0.2, -0.15) is 0 Å². The number of carbonyl (C=O) groups is 1. The minimum atomic E-state index is -0.458. The topological polar surface area (TPSA) is 86.3 Å². The molecule has 4 aromatic rings. The second kappa shape index (κ2) is 11.2. The van der Waals surface area contributed by atoms with Crippen LogP contribution in [0, 0.1) is 5.82 Å². The van der Waals surface area contributed by atoms with Gasteiger partial charge in [0.05, 0.1) is 18.0 Å². The van der Waals surface area contributed by atoms with E-state index in [0.29, 0.717) is 53.0 Å². The van der Waals surface area contributed by atoms with Crippen molar-refractivity contribution in [2.24, 2.45) is 0 Å². The number of amides is 1. The van der Waals surface area contributed by atoms with Crippen LogP contribution in [0.2, 0.25) is 5.02 Å². The number of likely N-dealkylation sites (tertiary alicyclic amines) is 1. The van der Waals surface area contributed by atoms with Crippen LogP contribution in [0.1, 0.15) is 54.4 Å². The molecule has 1 amide bonds. The molecule has 8 nitrogen and oxygen atoms in total. The average Bonchev–Trinajstić information content (AvgIpc) is 3.53. The Kier molecular flexibility index (Phi) is 7.80. The SMILES string of the molecule is CC(C)Oc1cc(Br)cc(C(=O)N2CCC(c3cc(Cn4cc(-c5ccc(Cl)cc5F)nn4)on3)CC2)c1. The van der Waals surface area contributed by atoms with Crippen LogP contribution in [0.3, 0.4) is 0 Å². The molecule has 0 saturated carbocycles. The summed E-state index contributed by atoms with van der Waals surface area (Å²) in [6.45, 7) is 5.47. The van der Waals surface area contributed by atoms with Crippen LogP contribution in [0.5, 0.6) is 5.75 Å². The predicted molar refractivity (Wildman–Crippen MR) is 144 cm³/mol. The number of hydrogen-bond donors (Lipinski definition) is 0. The van der Waals surface area contributed by atoms with Gasteiger partial charge in [-0.15, -0.1) is 5.10 Å². The predicted octanol–water partition coefficient (Wildman–Crippen LogP) is 6.34. The van der Waals surface area contributed by atoms with Gasteiger partial charge in [0.25, 0.3) is 5.91 Å². The number of halogens is 3. The van der Waals surface area contributed by atoms with Crippen molar-refractivity contribution in [3.8, 4) is 17.0 Å². The molecule has 0 atom stereocenters. The van der Waals surface area contributed by atoms with Crippen molar-refractivity contribution in [2.45, 2.75) is 45.3 Å². The highest BCUT2D eigenvalue weighted by atomic mass is 79.9. The zero-order valence-corrected chi connectivity index (χ0v) is 23.2. The summed E-state index contributed by atoms with van der Waals surface area (Å²) in [6, 6.07) is 11.8. The Morgan fingerprint density at radius 3 is 2.74 bits per heavy atom. The van der Waals surface area contributed by atoms with E-state index in [9.17, 15) is 9.18 Å². The van der Waals surface area contributed by atoms with Gasteiger partial charge in [-0.3, -0.25) is 4.79 Å². The van der Waals surface area contributed by atoms with E-state index in [2.05, 4.69) is 31.4 Å². The Morgan fingerprint density at radius 2 is 2.00 bits per heavy atom. The summed E-state index contributed by atoms with van der Waals surface area (Å²) >= 11 is 9.31. The van der Waals surface area contributed by atoms with Crippen molar-refractivity contribution in [3.63, 3.8) is 0 Å². The van der Waals surface area contributed by atoms with Crippen LogP contribution >= 0.6 is 27.5 Å². The van der Waals surface area contributed by atoms with E-state index in [-0.39, 0.29) is 17.9 Å². The largest absolute Gasteiger partial charge is 0.491 e. The van der Waals surface area contributed by atoms with Crippen LogP contribution in [0.15, 0.2) is 57.7 Å². The Labute approximate surface area is 232 Å². The molecule has 1 aliphatic heterocycles. The Hall–Kier alpha value is -3.24. The van der Waals surface area contributed by atoms with Crippen LogP contribution in [0.25, 0.3) is 11.3 Å². The standard InChI is InChI=1S/C27H26BrClFN5O3/c1-16(2)37-21-10-18(9-19(28)11-21)27(36)34-7-5-17(6-8-34)25-13-22(38-32-25)14-35-15-26(31-33-35)23-4-3-20(29)12-24(23)30/h3-4,9-13,15-17H,5-8,14H2,1-2H3. The normalized spacial score (nSPS) is 14.3. The fraction of sp³-hybridized carbons (Fsp3) is 0.333. The zero-order valence-electron chi connectivity index (χ0n) is 20.9. The lowest BCUT2D eigenvalue weighted by Gasteiger charge is -2.31. The van der Waals surface area contributed by atoms with Crippen LogP contribution in [-0.4, -0.2) is 50.2 Å². The Bertz CT molecular complexity index is 1450. The minimum Gasteiger partial charge on any atom is -0.491 e. The van der Waals surface area contributed by atoms with E-state index in [4.69, 9.17) is 20.9 Å². The van der Waals surface area contributed by atoms with Crippen molar-refractivity contribution < 1.29 is 18.4 Å². The second-order valence-corrected chi connectivity index (χ2v) is 10.9. The number of hydrogen-bond acceptors (Lipinski definition) is 6. The summed E-state index contributed by atoms with van der Waals surface area (Å²) in [5, 5.41) is 12.7. The molecule has 1 aliphatic rings. The van der Waals surface area contributed by atoms with Crippen LogP contribution in [0.4, 0.5) is 4.39 Å². The molecule has 2 aromatic carbocycles. The number of carbonyl (C=O) groups excluding carboxylic acids is 1. The fourth-order valence-corrected chi connectivity index (χ4v) is 5.17. The molecular formula is C27H26BrClFN5O3. The van der Waals surface area contributed by atoms with E-state index in [0.717, 1.165) is 23.0 Å². The summed E-state index contributed by atoms with van der Waals surface area (Å²) in [5.41, 5.74) is 2.19. The maximum absolute atomic E-state index is 14.2. The monoisotopic (exact) mass is 601 g/mol. The molecule has 38 heavy (non-hydrogen) atoms. The highest BCUT2D eigenvalue weighted by molar-refractivity contribution is 9.10. The molecule has 3 heterocycles. The summed E-state index contributed by atoms with van der Waals surface area (Å²) in [7, 11) is 0. The summed E-state index contributed by atoms with van der Waals surface area (Å²) in [6.07, 6.45) is 3.24.